The van der Waals surface area contributed by atoms with E-state index in [0.717, 1.165) is 16.9 Å². The van der Waals surface area contributed by atoms with Crippen LogP contribution in [0.3, 0.4) is 0 Å². The van der Waals surface area contributed by atoms with Gasteiger partial charge in [0.2, 0.25) is 0 Å². The maximum Gasteiger partial charge on any atom is 0.307 e. The molecule has 1 N–H and O–H groups in total. The van der Waals surface area contributed by atoms with E-state index >= 15 is 0 Å². The van der Waals surface area contributed by atoms with Gasteiger partial charge in [0, 0.05) is 22.1 Å². The summed E-state index contributed by atoms with van der Waals surface area (Å²) in [6.07, 6.45) is -0.0788. The first-order valence-corrected chi connectivity index (χ1v) is 7.14. The van der Waals surface area contributed by atoms with Crippen molar-refractivity contribution >= 4 is 5.97 Å². The van der Waals surface area contributed by atoms with Gasteiger partial charge in [-0.25, -0.2) is 0 Å². The molecule has 0 spiro atoms. The number of carboxylic acid groups (broad SMARTS) is 1. The number of fused-ring (bicyclic) bond motifs is 2. The second kappa shape index (κ2) is 5.05. The van der Waals surface area contributed by atoms with Crippen LogP contribution in [-0.2, 0) is 16.6 Å². The first-order valence-electron chi connectivity index (χ1n) is 7.14. The quantitative estimate of drug-likeness (QED) is 0.937. The minimum absolute atomic E-state index is 0.0788. The number of benzene rings is 2. The van der Waals surface area contributed by atoms with Crippen LogP contribution in [0.15, 0.2) is 36.4 Å². The minimum atomic E-state index is -0.882. The highest BCUT2D eigenvalue weighted by Crippen LogP contribution is 2.52. The second-order valence-corrected chi connectivity index (χ2v) is 5.92. The van der Waals surface area contributed by atoms with E-state index in [1.54, 1.807) is 13.2 Å². The zero-order valence-corrected chi connectivity index (χ0v) is 12.8. The highest BCUT2D eigenvalue weighted by molar-refractivity contribution is 5.74. The van der Waals surface area contributed by atoms with Crippen LogP contribution in [0, 0.1) is 0 Å². The number of methoxy groups -OCH3 is 1. The van der Waals surface area contributed by atoms with E-state index in [0.29, 0.717) is 17.1 Å². The first-order chi connectivity index (χ1) is 10.4. The fourth-order valence-electron chi connectivity index (χ4n) is 3.10. The van der Waals surface area contributed by atoms with E-state index in [4.69, 9.17) is 14.6 Å². The molecule has 2 aromatic carbocycles. The van der Waals surface area contributed by atoms with Crippen LogP contribution in [0.2, 0.25) is 0 Å². The largest absolute Gasteiger partial charge is 0.496 e. The Morgan fingerprint density at radius 1 is 1.23 bits per heavy atom. The van der Waals surface area contributed by atoms with E-state index in [9.17, 15) is 4.79 Å². The van der Waals surface area contributed by atoms with Gasteiger partial charge >= 0.3 is 5.97 Å². The minimum Gasteiger partial charge on any atom is -0.496 e. The van der Waals surface area contributed by atoms with Crippen LogP contribution in [0.4, 0.5) is 0 Å². The normalized spacial score (nSPS) is 14.5. The van der Waals surface area contributed by atoms with Crippen molar-refractivity contribution in [2.75, 3.05) is 7.11 Å². The number of rotatable bonds is 3. The van der Waals surface area contributed by atoms with E-state index in [1.807, 2.05) is 30.3 Å². The second-order valence-electron chi connectivity index (χ2n) is 5.92. The number of hydrogen-bond donors (Lipinski definition) is 1. The Bertz CT molecular complexity index is 747. The van der Waals surface area contributed by atoms with Gasteiger partial charge in [0.05, 0.1) is 13.5 Å². The van der Waals surface area contributed by atoms with Crippen molar-refractivity contribution in [1.29, 1.82) is 0 Å². The van der Waals surface area contributed by atoms with Gasteiger partial charge in [0.1, 0.15) is 17.2 Å². The Balaban J connectivity index is 2.27. The van der Waals surface area contributed by atoms with Gasteiger partial charge in [-0.2, -0.15) is 0 Å². The molecule has 0 fully saturated rings. The molecular weight excluding hydrogens is 280 g/mol. The molecule has 0 unspecified atom stereocenters. The SMILES string of the molecule is COc1ccc(CC(=O)O)c2c1C(C)(C)c1ccccc1O2. The van der Waals surface area contributed by atoms with Crippen molar-refractivity contribution in [2.45, 2.75) is 25.7 Å². The molecule has 0 aliphatic carbocycles. The molecule has 0 saturated heterocycles. The lowest BCUT2D eigenvalue weighted by Gasteiger charge is -2.36. The summed E-state index contributed by atoms with van der Waals surface area (Å²) in [6.45, 7) is 4.19. The predicted octanol–water partition coefficient (Wildman–Crippen LogP) is 3.75. The molecule has 0 amide bonds. The van der Waals surface area contributed by atoms with Crippen LogP contribution < -0.4 is 9.47 Å². The molecule has 1 heterocycles. The maximum absolute atomic E-state index is 11.1. The summed E-state index contributed by atoms with van der Waals surface area (Å²) >= 11 is 0. The molecule has 1 aliphatic heterocycles. The Hall–Kier alpha value is -2.49. The van der Waals surface area contributed by atoms with Crippen molar-refractivity contribution < 1.29 is 19.4 Å². The summed E-state index contributed by atoms with van der Waals surface area (Å²) in [5.74, 6) is 1.20. The third-order valence-corrected chi connectivity index (χ3v) is 4.16. The standard InChI is InChI=1S/C18H18O4/c1-18(2)12-6-4-5-7-13(12)22-17-11(10-15(19)20)8-9-14(21-3)16(17)18/h4-9H,10H2,1-3H3,(H,19,20). The lowest BCUT2D eigenvalue weighted by atomic mass is 9.74. The monoisotopic (exact) mass is 298 g/mol. The molecule has 22 heavy (non-hydrogen) atoms. The molecule has 0 saturated carbocycles. The molecule has 114 valence electrons. The van der Waals surface area contributed by atoms with Crippen molar-refractivity contribution in [3.63, 3.8) is 0 Å². The Labute approximate surface area is 129 Å². The van der Waals surface area contributed by atoms with E-state index < -0.39 is 5.97 Å². The average Bonchev–Trinajstić information content (AvgIpc) is 2.47. The van der Waals surface area contributed by atoms with E-state index in [1.165, 1.54) is 0 Å². The number of hydrogen-bond acceptors (Lipinski definition) is 3. The number of para-hydroxylation sites is 1. The summed E-state index contributed by atoms with van der Waals surface area (Å²) in [6, 6.07) is 11.4. The average molecular weight is 298 g/mol. The molecule has 4 heteroatoms. The third-order valence-electron chi connectivity index (χ3n) is 4.16. The van der Waals surface area contributed by atoms with Gasteiger partial charge in [-0.15, -0.1) is 0 Å². The van der Waals surface area contributed by atoms with Crippen LogP contribution in [0.25, 0.3) is 0 Å². The van der Waals surface area contributed by atoms with E-state index in [-0.39, 0.29) is 11.8 Å². The fraction of sp³-hybridized carbons (Fsp3) is 0.278. The van der Waals surface area contributed by atoms with E-state index in [2.05, 4.69) is 13.8 Å². The maximum atomic E-state index is 11.1. The van der Waals surface area contributed by atoms with Crippen LogP contribution >= 0.6 is 0 Å². The Kier molecular flexibility index (Phi) is 3.32. The summed E-state index contributed by atoms with van der Waals surface area (Å²) in [4.78, 5) is 11.1. The number of ether oxygens (including phenoxy) is 2. The summed E-state index contributed by atoms with van der Waals surface area (Å²) in [5.41, 5.74) is 2.29. The van der Waals surface area contributed by atoms with Gasteiger partial charge in [-0.3, -0.25) is 4.79 Å². The lowest BCUT2D eigenvalue weighted by Crippen LogP contribution is -2.26. The first kappa shape index (κ1) is 14.4. The predicted molar refractivity (Wildman–Crippen MR) is 83.0 cm³/mol. The molecule has 0 atom stereocenters. The van der Waals surface area contributed by atoms with Crippen molar-refractivity contribution in [1.82, 2.24) is 0 Å². The van der Waals surface area contributed by atoms with Gasteiger partial charge in [0.15, 0.2) is 0 Å². The van der Waals surface area contributed by atoms with Crippen LogP contribution in [0.1, 0.15) is 30.5 Å². The van der Waals surface area contributed by atoms with Crippen LogP contribution in [0.5, 0.6) is 17.2 Å². The fourth-order valence-corrected chi connectivity index (χ4v) is 3.10. The zero-order chi connectivity index (χ0) is 15.9. The molecular formula is C18H18O4. The van der Waals surface area contributed by atoms with Crippen molar-refractivity contribution in [3.05, 3.63) is 53.1 Å². The number of carboxylic acids is 1. The molecule has 1 aliphatic rings. The third kappa shape index (κ3) is 2.11. The highest BCUT2D eigenvalue weighted by Gasteiger charge is 2.38. The molecule has 0 bridgehead atoms. The van der Waals surface area contributed by atoms with Crippen molar-refractivity contribution in [2.24, 2.45) is 0 Å². The van der Waals surface area contributed by atoms with Gasteiger partial charge in [0.25, 0.3) is 0 Å². The molecule has 0 radical (unpaired) electrons. The smallest absolute Gasteiger partial charge is 0.307 e. The molecule has 3 rings (SSSR count). The Morgan fingerprint density at radius 3 is 2.64 bits per heavy atom. The zero-order valence-electron chi connectivity index (χ0n) is 12.8. The van der Waals surface area contributed by atoms with Gasteiger partial charge in [-0.1, -0.05) is 38.1 Å². The van der Waals surface area contributed by atoms with Crippen LogP contribution in [-0.4, -0.2) is 18.2 Å². The summed E-state index contributed by atoms with van der Waals surface area (Å²) in [5, 5.41) is 9.13. The van der Waals surface area contributed by atoms with Crippen molar-refractivity contribution in [3.8, 4) is 17.2 Å². The number of carbonyl (C=O) groups is 1. The summed E-state index contributed by atoms with van der Waals surface area (Å²) < 4.78 is 11.5. The molecule has 4 nitrogen and oxygen atoms in total. The topological polar surface area (TPSA) is 55.8 Å². The van der Waals surface area contributed by atoms with Gasteiger partial charge in [-0.05, 0) is 12.1 Å². The molecule has 2 aromatic rings. The van der Waals surface area contributed by atoms with Gasteiger partial charge < -0.3 is 14.6 Å². The molecule has 0 aromatic heterocycles. The summed E-state index contributed by atoms with van der Waals surface area (Å²) in [7, 11) is 1.61. The Morgan fingerprint density at radius 2 is 1.95 bits per heavy atom. The number of aliphatic carboxylic acids is 1. The lowest BCUT2D eigenvalue weighted by molar-refractivity contribution is -0.136. The highest BCUT2D eigenvalue weighted by atomic mass is 16.5.